The van der Waals surface area contributed by atoms with Gasteiger partial charge in [0.1, 0.15) is 5.75 Å². The van der Waals surface area contributed by atoms with Crippen LogP contribution in [0.4, 0.5) is 0 Å². The molecule has 2 saturated carbocycles. The average Bonchev–Trinajstić information content (AvgIpc) is 2.65. The van der Waals surface area contributed by atoms with Gasteiger partial charge in [-0.15, -0.1) is 0 Å². The van der Waals surface area contributed by atoms with Gasteiger partial charge in [0.15, 0.2) is 6.29 Å². The summed E-state index contributed by atoms with van der Waals surface area (Å²) in [7, 11) is 0. The van der Waals surface area contributed by atoms with Crippen LogP contribution < -0.4 is 4.74 Å². The standard InChI is InChI=1S/C24H37NO3/c1-16-6-7-21-23(4,11-8-22-24(21,5)15-27-18(3)28-22)20(16)10-13-26-19-9-12-25-17(2)14-19/h9,12,14,16,18,20-22H,6-8,10-11,13,15H2,1-5H3/t16?,18-,20-,21?,22-,23+,24+/m1/s1. The van der Waals surface area contributed by atoms with Crippen molar-refractivity contribution in [1.82, 2.24) is 4.98 Å². The zero-order valence-corrected chi connectivity index (χ0v) is 18.2. The van der Waals surface area contributed by atoms with Gasteiger partial charge < -0.3 is 14.2 Å². The van der Waals surface area contributed by atoms with Gasteiger partial charge in [0.25, 0.3) is 0 Å². The normalized spacial score (nSPS) is 43.1. The Kier molecular flexibility index (Phi) is 5.47. The highest BCUT2D eigenvalue weighted by atomic mass is 16.7. The number of aromatic nitrogens is 1. The fraction of sp³-hybridized carbons (Fsp3) is 0.792. The Morgan fingerprint density at radius 2 is 2.00 bits per heavy atom. The number of ether oxygens (including phenoxy) is 3. The Morgan fingerprint density at radius 3 is 2.79 bits per heavy atom. The number of fused-ring (bicyclic) bond motifs is 3. The SMILES string of the molecule is Cc1cc(OCC[C@@H]2C(C)CCC3[C@]4(C)CO[C@@H](C)O[C@@H]4CC[C@]32C)ccn1. The second-order valence-electron chi connectivity index (χ2n) is 10.0. The van der Waals surface area contributed by atoms with E-state index in [0.29, 0.717) is 23.4 Å². The summed E-state index contributed by atoms with van der Waals surface area (Å²) >= 11 is 0. The second kappa shape index (κ2) is 7.60. The zero-order valence-electron chi connectivity index (χ0n) is 18.2. The number of pyridine rings is 1. The maximum absolute atomic E-state index is 6.25. The van der Waals surface area contributed by atoms with Gasteiger partial charge in [-0.1, -0.05) is 27.2 Å². The van der Waals surface area contributed by atoms with Crippen LogP contribution in [0, 0.1) is 35.5 Å². The minimum atomic E-state index is -0.0574. The van der Waals surface area contributed by atoms with Crippen LogP contribution in [0.1, 0.15) is 65.5 Å². The number of hydrogen-bond acceptors (Lipinski definition) is 4. The van der Waals surface area contributed by atoms with Crippen molar-refractivity contribution in [2.45, 2.75) is 79.1 Å². The van der Waals surface area contributed by atoms with Gasteiger partial charge in [-0.25, -0.2) is 0 Å². The van der Waals surface area contributed by atoms with Crippen molar-refractivity contribution in [2.75, 3.05) is 13.2 Å². The fourth-order valence-electron chi connectivity index (χ4n) is 6.82. The molecule has 0 spiro atoms. The summed E-state index contributed by atoms with van der Waals surface area (Å²) in [6.07, 6.45) is 8.26. The van der Waals surface area contributed by atoms with E-state index in [-0.39, 0.29) is 11.7 Å². The molecule has 3 aliphatic rings. The molecule has 2 aliphatic carbocycles. The molecule has 2 heterocycles. The molecule has 0 aromatic carbocycles. The smallest absolute Gasteiger partial charge is 0.155 e. The van der Waals surface area contributed by atoms with Gasteiger partial charge in [0, 0.05) is 23.4 Å². The molecule has 156 valence electrons. The first-order chi connectivity index (χ1) is 13.3. The predicted molar refractivity (Wildman–Crippen MR) is 110 cm³/mol. The predicted octanol–water partition coefficient (Wildman–Crippen LogP) is 5.39. The topological polar surface area (TPSA) is 40.6 Å². The Labute approximate surface area is 170 Å². The molecule has 0 N–H and O–H groups in total. The Bertz CT molecular complexity index is 694. The minimum absolute atomic E-state index is 0.0574. The zero-order chi connectivity index (χ0) is 19.9. The van der Waals surface area contributed by atoms with Crippen LogP contribution >= 0.6 is 0 Å². The fourth-order valence-corrected chi connectivity index (χ4v) is 6.82. The van der Waals surface area contributed by atoms with E-state index in [4.69, 9.17) is 14.2 Å². The highest BCUT2D eigenvalue weighted by Gasteiger charge is 2.60. The van der Waals surface area contributed by atoms with Crippen molar-refractivity contribution >= 4 is 0 Å². The first-order valence-electron chi connectivity index (χ1n) is 11.2. The van der Waals surface area contributed by atoms with Crippen LogP contribution in [0.15, 0.2) is 18.3 Å². The number of nitrogens with zero attached hydrogens (tertiary/aromatic N) is 1. The summed E-state index contributed by atoms with van der Waals surface area (Å²) in [5, 5.41) is 0. The first-order valence-corrected chi connectivity index (χ1v) is 11.2. The largest absolute Gasteiger partial charge is 0.493 e. The lowest BCUT2D eigenvalue weighted by Gasteiger charge is -2.63. The van der Waals surface area contributed by atoms with Crippen LogP contribution in [-0.4, -0.2) is 30.6 Å². The third-order valence-electron chi connectivity index (χ3n) is 8.27. The lowest BCUT2D eigenvalue weighted by molar-refractivity contribution is -0.301. The highest BCUT2D eigenvalue weighted by molar-refractivity contribution is 5.21. The molecule has 1 saturated heterocycles. The molecular formula is C24H37NO3. The van der Waals surface area contributed by atoms with E-state index in [0.717, 1.165) is 43.4 Å². The van der Waals surface area contributed by atoms with Crippen LogP contribution in [0.2, 0.25) is 0 Å². The van der Waals surface area contributed by atoms with Crippen molar-refractivity contribution in [3.8, 4) is 5.75 Å². The van der Waals surface area contributed by atoms with Crippen molar-refractivity contribution in [1.29, 1.82) is 0 Å². The number of aryl methyl sites for hydroxylation is 1. The minimum Gasteiger partial charge on any atom is -0.493 e. The quantitative estimate of drug-likeness (QED) is 0.694. The van der Waals surface area contributed by atoms with E-state index < -0.39 is 0 Å². The summed E-state index contributed by atoms with van der Waals surface area (Å²) in [6.45, 7) is 13.1. The van der Waals surface area contributed by atoms with Crippen molar-refractivity contribution in [2.24, 2.45) is 28.6 Å². The monoisotopic (exact) mass is 387 g/mol. The molecule has 4 nitrogen and oxygen atoms in total. The molecule has 1 aromatic rings. The second-order valence-corrected chi connectivity index (χ2v) is 10.0. The van der Waals surface area contributed by atoms with Crippen molar-refractivity contribution in [3.05, 3.63) is 24.0 Å². The van der Waals surface area contributed by atoms with Crippen LogP contribution in [-0.2, 0) is 9.47 Å². The molecule has 0 bridgehead atoms. The molecular weight excluding hydrogens is 350 g/mol. The van der Waals surface area contributed by atoms with Gasteiger partial charge >= 0.3 is 0 Å². The molecule has 7 atom stereocenters. The molecule has 1 aromatic heterocycles. The molecule has 3 fully saturated rings. The number of hydrogen-bond donors (Lipinski definition) is 0. The molecule has 2 unspecified atom stereocenters. The molecule has 4 heteroatoms. The summed E-state index contributed by atoms with van der Waals surface area (Å²) in [4.78, 5) is 4.26. The van der Waals surface area contributed by atoms with Crippen molar-refractivity contribution in [3.63, 3.8) is 0 Å². The first kappa shape index (κ1) is 20.2. The Balaban J connectivity index is 1.48. The summed E-state index contributed by atoms with van der Waals surface area (Å²) in [5.41, 5.74) is 1.49. The average molecular weight is 388 g/mol. The molecule has 0 radical (unpaired) electrons. The highest BCUT2D eigenvalue weighted by Crippen LogP contribution is 2.63. The van der Waals surface area contributed by atoms with Gasteiger partial charge in [0.05, 0.1) is 19.3 Å². The summed E-state index contributed by atoms with van der Waals surface area (Å²) in [6, 6.07) is 3.99. The summed E-state index contributed by atoms with van der Waals surface area (Å²) in [5.74, 6) is 3.03. The lowest BCUT2D eigenvalue weighted by atomic mass is 9.45. The van der Waals surface area contributed by atoms with Gasteiger partial charge in [-0.3, -0.25) is 4.98 Å². The molecule has 1 aliphatic heterocycles. The van der Waals surface area contributed by atoms with Crippen LogP contribution in [0.25, 0.3) is 0 Å². The molecule has 28 heavy (non-hydrogen) atoms. The maximum Gasteiger partial charge on any atom is 0.155 e. The van der Waals surface area contributed by atoms with Gasteiger partial charge in [-0.05, 0) is 68.8 Å². The Morgan fingerprint density at radius 1 is 1.18 bits per heavy atom. The Hall–Kier alpha value is -1.13. The molecule has 4 rings (SSSR count). The van der Waals surface area contributed by atoms with E-state index in [1.807, 2.05) is 32.2 Å². The third kappa shape index (κ3) is 3.47. The van der Waals surface area contributed by atoms with E-state index in [1.165, 1.54) is 19.3 Å². The van der Waals surface area contributed by atoms with E-state index >= 15 is 0 Å². The lowest BCUT2D eigenvalue weighted by Crippen LogP contribution is -2.61. The van der Waals surface area contributed by atoms with E-state index in [9.17, 15) is 0 Å². The van der Waals surface area contributed by atoms with Gasteiger partial charge in [0.2, 0.25) is 0 Å². The van der Waals surface area contributed by atoms with Gasteiger partial charge in [-0.2, -0.15) is 0 Å². The molecule has 0 amide bonds. The summed E-state index contributed by atoms with van der Waals surface area (Å²) < 4.78 is 18.4. The third-order valence-corrected chi connectivity index (χ3v) is 8.27. The van der Waals surface area contributed by atoms with Crippen LogP contribution in [0.3, 0.4) is 0 Å². The van der Waals surface area contributed by atoms with Crippen molar-refractivity contribution < 1.29 is 14.2 Å². The van der Waals surface area contributed by atoms with E-state index in [1.54, 1.807) is 0 Å². The number of rotatable bonds is 4. The maximum atomic E-state index is 6.25. The van der Waals surface area contributed by atoms with E-state index in [2.05, 4.69) is 25.8 Å². The van der Waals surface area contributed by atoms with Crippen LogP contribution in [0.5, 0.6) is 5.75 Å².